The van der Waals surface area contributed by atoms with Crippen molar-refractivity contribution in [1.29, 1.82) is 0 Å². The van der Waals surface area contributed by atoms with Crippen molar-refractivity contribution in [2.24, 2.45) is 0 Å². The van der Waals surface area contributed by atoms with Gasteiger partial charge in [-0.05, 0) is 0 Å². The quantitative estimate of drug-likeness (QED) is 0.285. The second-order valence-electron chi connectivity index (χ2n) is 0.447. The van der Waals surface area contributed by atoms with E-state index in [4.69, 9.17) is 19.2 Å². The summed E-state index contributed by atoms with van der Waals surface area (Å²) in [4.78, 5) is 25.6. The first kappa shape index (κ1) is 15.7. The summed E-state index contributed by atoms with van der Waals surface area (Å²) in [7, 11) is -5.39. The molecular formula is AlCrO4P+3. The van der Waals surface area contributed by atoms with Crippen LogP contribution in [0.15, 0.2) is 0 Å². The Morgan fingerprint density at radius 1 is 1.14 bits per heavy atom. The molecule has 0 spiro atoms. The van der Waals surface area contributed by atoms with Crippen LogP contribution in [0.1, 0.15) is 0 Å². The fraction of sp³-hybridized carbons (Fsp3) is 0. The molecule has 0 aromatic heterocycles. The summed E-state index contributed by atoms with van der Waals surface area (Å²) in [5.74, 6) is 0. The molecule has 0 atom stereocenters. The van der Waals surface area contributed by atoms with Crippen LogP contribution in [0.2, 0.25) is 0 Å². The van der Waals surface area contributed by atoms with Gasteiger partial charge in [0.25, 0.3) is 0 Å². The van der Waals surface area contributed by atoms with Gasteiger partial charge in [0, 0.05) is 0 Å². The van der Waals surface area contributed by atoms with Crippen LogP contribution in [0.3, 0.4) is 0 Å². The maximum absolute atomic E-state index is 8.55. The summed E-state index contributed by atoms with van der Waals surface area (Å²) in [5, 5.41) is 0. The molecule has 0 aromatic carbocycles. The summed E-state index contributed by atoms with van der Waals surface area (Å²) in [5.41, 5.74) is 0. The fourth-order valence-corrected chi connectivity index (χ4v) is 0. The molecule has 0 aliphatic carbocycles. The van der Waals surface area contributed by atoms with Gasteiger partial charge in [-0.25, -0.2) is 0 Å². The van der Waals surface area contributed by atoms with Gasteiger partial charge < -0.3 is 19.2 Å². The van der Waals surface area contributed by atoms with Crippen LogP contribution < -0.4 is 14.7 Å². The topological polar surface area (TPSA) is 86.2 Å². The molecule has 35 valence electrons. The molecule has 0 aliphatic heterocycles. The predicted molar refractivity (Wildman–Crippen MR) is 13.4 cm³/mol. The van der Waals surface area contributed by atoms with Crippen molar-refractivity contribution < 1.29 is 36.6 Å². The first-order chi connectivity index (χ1) is 2.00. The van der Waals surface area contributed by atoms with Gasteiger partial charge in [0.1, 0.15) is 0 Å². The number of rotatable bonds is 0. The van der Waals surface area contributed by atoms with Crippen LogP contribution in [0, 0.1) is 0 Å². The van der Waals surface area contributed by atoms with Gasteiger partial charge in [0.2, 0.25) is 0 Å². The maximum Gasteiger partial charge on any atom is 3.00 e. The molecule has 0 aliphatic rings. The largest absolute Gasteiger partial charge is 3.00 e. The second kappa shape index (κ2) is 5.31. The Kier molecular flexibility index (Phi) is 11.9. The Morgan fingerprint density at radius 3 is 1.14 bits per heavy atom. The van der Waals surface area contributed by atoms with Crippen molar-refractivity contribution in [1.82, 2.24) is 0 Å². The van der Waals surface area contributed by atoms with Crippen LogP contribution in [-0.4, -0.2) is 17.4 Å². The molecule has 0 fully saturated rings. The maximum atomic E-state index is 8.55. The minimum atomic E-state index is -5.39. The van der Waals surface area contributed by atoms with Gasteiger partial charge in [0.15, 0.2) is 0 Å². The van der Waals surface area contributed by atoms with Crippen LogP contribution in [-0.2, 0) is 21.9 Å². The SMILES string of the molecule is O=P([O-])([O-])[O-].[Al+3].[Cr+3]. The molecule has 0 N–H and O–H groups in total. The van der Waals surface area contributed by atoms with Crippen LogP contribution in [0.4, 0.5) is 0 Å². The zero-order valence-corrected chi connectivity index (χ0v) is 6.39. The van der Waals surface area contributed by atoms with Crippen molar-refractivity contribution in [3.05, 3.63) is 0 Å². The van der Waals surface area contributed by atoms with Crippen LogP contribution in [0.5, 0.6) is 0 Å². The van der Waals surface area contributed by atoms with Crippen molar-refractivity contribution >= 4 is 25.2 Å². The van der Waals surface area contributed by atoms with Crippen molar-refractivity contribution in [3.8, 4) is 0 Å². The minimum Gasteiger partial charge on any atom is -0.822 e. The van der Waals surface area contributed by atoms with Gasteiger partial charge in [-0.3, -0.25) is 0 Å². The van der Waals surface area contributed by atoms with E-state index in [1.807, 2.05) is 0 Å². The third kappa shape index (κ3) is 139. The smallest absolute Gasteiger partial charge is 0.822 e. The van der Waals surface area contributed by atoms with Crippen LogP contribution in [0.25, 0.3) is 0 Å². The molecule has 1 radical (unpaired) electrons. The first-order valence-electron chi connectivity index (χ1n) is 0.730. The van der Waals surface area contributed by atoms with Gasteiger partial charge in [-0.15, -0.1) is 0 Å². The Hall–Kier alpha value is 1.17. The number of phosphoric acid groups is 1. The molecule has 0 saturated heterocycles. The third-order valence-electron chi connectivity index (χ3n) is 0. The summed E-state index contributed by atoms with van der Waals surface area (Å²) >= 11 is 0. The van der Waals surface area contributed by atoms with Crippen LogP contribution >= 0.6 is 7.82 Å². The van der Waals surface area contributed by atoms with E-state index in [2.05, 4.69) is 0 Å². The number of hydrogen-bond donors (Lipinski definition) is 0. The minimum absolute atomic E-state index is 0. The Balaban J connectivity index is -0.0000000800. The third-order valence-corrected chi connectivity index (χ3v) is 0. The van der Waals surface area contributed by atoms with E-state index in [1.54, 1.807) is 0 Å². The van der Waals surface area contributed by atoms with Crippen molar-refractivity contribution in [3.63, 3.8) is 0 Å². The van der Waals surface area contributed by atoms with E-state index in [9.17, 15) is 0 Å². The molecule has 0 unspecified atom stereocenters. The Bertz CT molecular complexity index is 57.8. The van der Waals surface area contributed by atoms with E-state index >= 15 is 0 Å². The Morgan fingerprint density at radius 2 is 1.14 bits per heavy atom. The van der Waals surface area contributed by atoms with Crippen molar-refractivity contribution in [2.75, 3.05) is 0 Å². The zero-order valence-electron chi connectivity index (χ0n) is 3.07. The predicted octanol–water partition coefficient (Wildman–Crippen LogP) is -3.21. The summed E-state index contributed by atoms with van der Waals surface area (Å²) in [6.45, 7) is 0. The second-order valence-corrected chi connectivity index (χ2v) is 1.34. The standard InChI is InChI=1S/Al.Cr.H3O4P/c;;1-5(2,3)4/h;;(H3,1,2,3,4)/q2*+3;/p-3. The molecule has 0 amide bonds. The fourth-order valence-electron chi connectivity index (χ4n) is 0. The molecule has 7 heavy (non-hydrogen) atoms. The summed E-state index contributed by atoms with van der Waals surface area (Å²) in [6.07, 6.45) is 0. The van der Waals surface area contributed by atoms with Gasteiger partial charge in [-0.2, -0.15) is 7.82 Å². The number of hydrogen-bond acceptors (Lipinski definition) is 4. The average Bonchev–Trinajstić information content (AvgIpc) is 0.722. The first-order valence-corrected chi connectivity index (χ1v) is 2.19. The molecule has 0 bridgehead atoms. The van der Waals surface area contributed by atoms with Crippen molar-refractivity contribution in [2.45, 2.75) is 0 Å². The van der Waals surface area contributed by atoms with Gasteiger partial charge in [-0.1, -0.05) is 0 Å². The molecule has 0 aromatic rings. The van der Waals surface area contributed by atoms with E-state index in [-0.39, 0.29) is 34.7 Å². The van der Waals surface area contributed by atoms with Gasteiger partial charge in [0.05, 0.1) is 0 Å². The normalized spacial score (nSPS) is 8.43. The average molecular weight is 174 g/mol. The van der Waals surface area contributed by atoms with E-state index in [0.29, 0.717) is 0 Å². The van der Waals surface area contributed by atoms with E-state index in [1.165, 1.54) is 0 Å². The molecule has 0 saturated carbocycles. The zero-order chi connectivity index (χ0) is 4.50. The monoisotopic (exact) mass is 174 g/mol. The molecule has 4 nitrogen and oxygen atoms in total. The molecule has 0 rings (SSSR count). The molecule has 7 heteroatoms. The molecule has 0 heterocycles. The Labute approximate surface area is 62.1 Å². The summed E-state index contributed by atoms with van der Waals surface area (Å²) < 4.78 is 8.55. The van der Waals surface area contributed by atoms with Gasteiger partial charge >= 0.3 is 34.7 Å². The summed E-state index contributed by atoms with van der Waals surface area (Å²) in [6, 6.07) is 0. The van der Waals surface area contributed by atoms with E-state index < -0.39 is 7.82 Å². The molecular weight excluding hydrogens is 174 g/mol. The van der Waals surface area contributed by atoms with E-state index in [0.717, 1.165) is 0 Å².